The number of tetrazole rings is 1. The number of hydrogen-bond donors (Lipinski definition) is 1. The summed E-state index contributed by atoms with van der Waals surface area (Å²) in [5.41, 5.74) is 5.37. The molecule has 0 bridgehead atoms. The molecule has 0 aliphatic heterocycles. The monoisotopic (exact) mass is 374 g/mol. The Hall–Kier alpha value is -4.06. The maximum absolute atomic E-state index is 12.0. The number of amides is 1. The summed E-state index contributed by atoms with van der Waals surface area (Å²) >= 11 is 0. The van der Waals surface area contributed by atoms with Gasteiger partial charge >= 0.3 is 0 Å². The minimum absolute atomic E-state index is 0.140. The van der Waals surface area contributed by atoms with E-state index in [1.807, 2.05) is 43.3 Å². The summed E-state index contributed by atoms with van der Waals surface area (Å²) in [6.45, 7) is -0.140. The van der Waals surface area contributed by atoms with Crippen molar-refractivity contribution < 1.29 is 4.79 Å². The fourth-order valence-electron chi connectivity index (χ4n) is 2.39. The summed E-state index contributed by atoms with van der Waals surface area (Å²) in [5, 5.41) is 25.0. The van der Waals surface area contributed by atoms with E-state index in [4.69, 9.17) is 5.26 Å². The third-order valence-electron chi connectivity index (χ3n) is 3.84. The van der Waals surface area contributed by atoms with Crippen LogP contribution in [-0.2, 0) is 11.3 Å². The van der Waals surface area contributed by atoms with Crippen LogP contribution in [0.25, 0.3) is 11.4 Å². The SMILES string of the molecule is CN(C)c1ccc(C=NNC(=O)Cn2nnc(-c3ccccc3C#N)n2)cc1. The minimum atomic E-state index is -0.390. The highest BCUT2D eigenvalue weighted by Gasteiger charge is 2.12. The van der Waals surface area contributed by atoms with E-state index in [0.717, 1.165) is 16.0 Å². The Kier molecular flexibility index (Phi) is 5.72. The van der Waals surface area contributed by atoms with Gasteiger partial charge in [-0.15, -0.1) is 10.2 Å². The molecule has 0 atom stereocenters. The Morgan fingerprint density at radius 2 is 2.00 bits per heavy atom. The average molecular weight is 374 g/mol. The van der Waals surface area contributed by atoms with Gasteiger partial charge in [-0.25, -0.2) is 5.43 Å². The number of benzene rings is 2. The Morgan fingerprint density at radius 3 is 2.71 bits per heavy atom. The number of anilines is 1. The van der Waals surface area contributed by atoms with Crippen molar-refractivity contribution in [1.29, 1.82) is 5.26 Å². The largest absolute Gasteiger partial charge is 0.378 e. The molecule has 1 aromatic heterocycles. The number of nitrogens with one attached hydrogen (secondary N) is 1. The summed E-state index contributed by atoms with van der Waals surface area (Å²) < 4.78 is 0. The molecule has 3 aromatic rings. The molecule has 0 aliphatic rings. The van der Waals surface area contributed by atoms with E-state index in [9.17, 15) is 4.79 Å². The Bertz CT molecular complexity index is 1030. The number of nitriles is 1. The fraction of sp³-hybridized carbons (Fsp3) is 0.158. The molecular weight excluding hydrogens is 356 g/mol. The van der Waals surface area contributed by atoms with Gasteiger partial charge in [0.25, 0.3) is 5.91 Å². The van der Waals surface area contributed by atoms with Gasteiger partial charge in [0.1, 0.15) is 6.54 Å². The lowest BCUT2D eigenvalue weighted by Crippen LogP contribution is -2.24. The van der Waals surface area contributed by atoms with E-state index in [1.165, 1.54) is 0 Å². The van der Waals surface area contributed by atoms with Gasteiger partial charge in [-0.3, -0.25) is 4.79 Å². The van der Waals surface area contributed by atoms with Crippen LogP contribution < -0.4 is 10.3 Å². The molecule has 9 heteroatoms. The van der Waals surface area contributed by atoms with Gasteiger partial charge in [-0.1, -0.05) is 24.3 Å². The number of hydrazone groups is 1. The lowest BCUT2D eigenvalue weighted by atomic mass is 10.1. The van der Waals surface area contributed by atoms with E-state index in [2.05, 4.69) is 32.0 Å². The van der Waals surface area contributed by atoms with Gasteiger partial charge in [0.05, 0.1) is 17.8 Å². The van der Waals surface area contributed by atoms with Crippen LogP contribution in [0.15, 0.2) is 53.6 Å². The van der Waals surface area contributed by atoms with E-state index < -0.39 is 5.91 Å². The zero-order valence-corrected chi connectivity index (χ0v) is 15.4. The summed E-state index contributed by atoms with van der Waals surface area (Å²) in [6, 6.07) is 16.7. The number of carbonyl (C=O) groups excluding carboxylic acids is 1. The van der Waals surface area contributed by atoms with Gasteiger partial charge in [0, 0.05) is 25.3 Å². The molecule has 0 radical (unpaired) electrons. The zero-order valence-electron chi connectivity index (χ0n) is 15.4. The predicted molar refractivity (Wildman–Crippen MR) is 104 cm³/mol. The normalized spacial score (nSPS) is 10.6. The van der Waals surface area contributed by atoms with E-state index in [-0.39, 0.29) is 12.4 Å². The third kappa shape index (κ3) is 4.56. The maximum atomic E-state index is 12.0. The summed E-state index contributed by atoms with van der Waals surface area (Å²) in [5.74, 6) is -0.104. The second-order valence-corrected chi connectivity index (χ2v) is 6.08. The lowest BCUT2D eigenvalue weighted by Gasteiger charge is -2.11. The summed E-state index contributed by atoms with van der Waals surface area (Å²) in [7, 11) is 3.93. The zero-order chi connectivity index (χ0) is 19.9. The smallest absolute Gasteiger partial charge is 0.263 e. The highest BCUT2D eigenvalue weighted by atomic mass is 16.2. The summed E-state index contributed by atoms with van der Waals surface area (Å²) in [6.07, 6.45) is 1.56. The highest BCUT2D eigenvalue weighted by molar-refractivity contribution is 5.82. The maximum Gasteiger partial charge on any atom is 0.263 e. The van der Waals surface area contributed by atoms with Crippen LogP contribution in [0.5, 0.6) is 0 Å². The first-order valence-electron chi connectivity index (χ1n) is 8.43. The van der Waals surface area contributed by atoms with Gasteiger partial charge < -0.3 is 4.90 Å². The number of aromatic nitrogens is 4. The highest BCUT2D eigenvalue weighted by Crippen LogP contribution is 2.18. The van der Waals surface area contributed by atoms with Gasteiger partial charge in [-0.05, 0) is 35.0 Å². The molecule has 2 aromatic carbocycles. The standard InChI is InChI=1S/C19H18N8O/c1-26(2)16-9-7-14(8-10-16)12-21-22-18(28)13-27-24-19(23-25-27)17-6-4-3-5-15(17)11-20/h3-10,12H,13H2,1-2H3,(H,22,28). The molecule has 0 saturated carbocycles. The van der Waals surface area contributed by atoms with Gasteiger partial charge in [0.15, 0.2) is 0 Å². The molecule has 3 rings (SSSR count). The Morgan fingerprint density at radius 1 is 1.25 bits per heavy atom. The molecule has 140 valence electrons. The summed E-state index contributed by atoms with van der Waals surface area (Å²) in [4.78, 5) is 15.2. The lowest BCUT2D eigenvalue weighted by molar-refractivity contribution is -0.122. The first-order chi connectivity index (χ1) is 13.6. The van der Waals surface area contributed by atoms with Crippen LogP contribution in [0.2, 0.25) is 0 Å². The molecule has 9 nitrogen and oxygen atoms in total. The Labute approximate surface area is 161 Å². The number of rotatable bonds is 6. The van der Waals surface area contributed by atoms with Gasteiger partial charge in [0.2, 0.25) is 5.82 Å². The van der Waals surface area contributed by atoms with Crippen molar-refractivity contribution >= 4 is 17.8 Å². The number of hydrogen-bond acceptors (Lipinski definition) is 7. The minimum Gasteiger partial charge on any atom is -0.378 e. The third-order valence-corrected chi connectivity index (χ3v) is 3.84. The quantitative estimate of drug-likeness (QED) is 0.516. The molecule has 0 aliphatic carbocycles. The van der Waals surface area contributed by atoms with Crippen molar-refractivity contribution in [2.24, 2.45) is 5.10 Å². The van der Waals surface area contributed by atoms with Crippen molar-refractivity contribution in [2.75, 3.05) is 19.0 Å². The topological polar surface area (TPSA) is 112 Å². The predicted octanol–water partition coefficient (Wildman–Crippen LogP) is 1.43. The van der Waals surface area contributed by atoms with Crippen LogP contribution in [0, 0.1) is 11.3 Å². The van der Waals surface area contributed by atoms with Crippen LogP contribution in [0.3, 0.4) is 0 Å². The van der Waals surface area contributed by atoms with E-state index in [1.54, 1.807) is 30.5 Å². The molecule has 0 unspecified atom stereocenters. The molecule has 28 heavy (non-hydrogen) atoms. The van der Waals surface area contributed by atoms with Crippen molar-refractivity contribution in [2.45, 2.75) is 6.54 Å². The molecule has 0 spiro atoms. The molecule has 1 N–H and O–H groups in total. The number of carbonyl (C=O) groups is 1. The first-order valence-corrected chi connectivity index (χ1v) is 8.43. The fourth-order valence-corrected chi connectivity index (χ4v) is 2.39. The van der Waals surface area contributed by atoms with Crippen molar-refractivity contribution in [3.05, 3.63) is 59.7 Å². The average Bonchev–Trinajstić information content (AvgIpc) is 3.16. The van der Waals surface area contributed by atoms with Gasteiger partial charge in [-0.2, -0.15) is 15.2 Å². The van der Waals surface area contributed by atoms with Crippen molar-refractivity contribution in [3.63, 3.8) is 0 Å². The molecular formula is C19H18N8O. The van der Waals surface area contributed by atoms with Crippen molar-refractivity contribution in [1.82, 2.24) is 25.6 Å². The molecule has 1 amide bonds. The van der Waals surface area contributed by atoms with E-state index in [0.29, 0.717) is 11.1 Å². The van der Waals surface area contributed by atoms with E-state index >= 15 is 0 Å². The van der Waals surface area contributed by atoms with Crippen molar-refractivity contribution in [3.8, 4) is 17.5 Å². The second kappa shape index (κ2) is 8.55. The second-order valence-electron chi connectivity index (χ2n) is 6.08. The Balaban J connectivity index is 1.58. The molecule has 1 heterocycles. The van der Waals surface area contributed by atoms with Crippen LogP contribution >= 0.6 is 0 Å². The first kappa shape index (κ1) is 18.7. The van der Waals surface area contributed by atoms with Crippen LogP contribution in [0.4, 0.5) is 5.69 Å². The molecule has 0 saturated heterocycles. The molecule has 0 fully saturated rings. The number of nitrogens with zero attached hydrogens (tertiary/aromatic N) is 7. The van der Waals surface area contributed by atoms with Crippen LogP contribution in [0.1, 0.15) is 11.1 Å². The van der Waals surface area contributed by atoms with Crippen LogP contribution in [-0.4, -0.2) is 46.4 Å².